The molecule has 3 rings (SSSR count). The highest BCUT2D eigenvalue weighted by molar-refractivity contribution is 8.00. The molecule has 2 aliphatic rings. The lowest BCUT2D eigenvalue weighted by Crippen LogP contribution is -2.33. The van der Waals surface area contributed by atoms with Crippen LogP contribution >= 0.6 is 11.8 Å². The van der Waals surface area contributed by atoms with Gasteiger partial charge in [0, 0.05) is 22.0 Å². The van der Waals surface area contributed by atoms with Crippen LogP contribution in [-0.4, -0.2) is 16.3 Å². The van der Waals surface area contributed by atoms with E-state index >= 15 is 0 Å². The normalized spacial score (nSPS) is 28.5. The van der Waals surface area contributed by atoms with E-state index in [1.54, 1.807) is 6.07 Å². The van der Waals surface area contributed by atoms with Gasteiger partial charge >= 0.3 is 6.18 Å². The van der Waals surface area contributed by atoms with Crippen molar-refractivity contribution in [3.63, 3.8) is 0 Å². The van der Waals surface area contributed by atoms with E-state index < -0.39 is 11.7 Å². The summed E-state index contributed by atoms with van der Waals surface area (Å²) in [5.41, 5.74) is -0.309. The van der Waals surface area contributed by atoms with Crippen molar-refractivity contribution in [1.82, 2.24) is 0 Å². The van der Waals surface area contributed by atoms with Gasteiger partial charge in [-0.1, -0.05) is 18.6 Å². The minimum Gasteiger partial charge on any atom is -0.294 e. The summed E-state index contributed by atoms with van der Waals surface area (Å²) in [5.74, 6) is -0.219. The Morgan fingerprint density at radius 2 is 1.82 bits per heavy atom. The summed E-state index contributed by atoms with van der Waals surface area (Å²) in [6.45, 7) is 1.43. The van der Waals surface area contributed by atoms with E-state index in [1.165, 1.54) is 19.4 Å². The molecule has 0 N–H and O–H groups in total. The van der Waals surface area contributed by atoms with Crippen molar-refractivity contribution < 1.29 is 18.0 Å². The number of ketones is 1. The molecule has 2 bridgehead atoms. The summed E-state index contributed by atoms with van der Waals surface area (Å²) in [7, 11) is 0. The van der Waals surface area contributed by atoms with E-state index in [-0.39, 0.29) is 22.8 Å². The quantitative estimate of drug-likeness (QED) is 0.689. The molecule has 2 heterocycles. The van der Waals surface area contributed by atoms with Gasteiger partial charge in [0.1, 0.15) is 0 Å². The number of halogens is 3. The van der Waals surface area contributed by atoms with Gasteiger partial charge in [0.15, 0.2) is 5.78 Å². The number of aryl methyl sites for hydroxylation is 1. The molecule has 2 aliphatic heterocycles. The number of carbonyl (C=O) groups is 1. The molecule has 0 amide bonds. The Bertz CT molecular complexity index is 570. The van der Waals surface area contributed by atoms with Crippen LogP contribution in [-0.2, 0) is 6.18 Å². The molecule has 1 aromatic carbocycles. The molecule has 2 fully saturated rings. The largest absolute Gasteiger partial charge is 0.416 e. The topological polar surface area (TPSA) is 17.1 Å². The van der Waals surface area contributed by atoms with E-state index in [2.05, 4.69) is 0 Å². The zero-order valence-corrected chi connectivity index (χ0v) is 13.3. The minimum atomic E-state index is -4.40. The van der Waals surface area contributed by atoms with E-state index in [0.29, 0.717) is 10.5 Å². The second-order valence-electron chi connectivity index (χ2n) is 6.37. The fraction of sp³-hybridized carbons (Fsp3) is 0.588. The van der Waals surface area contributed by atoms with E-state index in [4.69, 9.17) is 0 Å². The molecule has 2 atom stereocenters. The number of fused-ring (bicyclic) bond motifs is 2. The van der Waals surface area contributed by atoms with E-state index in [1.807, 2.05) is 11.8 Å². The van der Waals surface area contributed by atoms with Gasteiger partial charge < -0.3 is 0 Å². The maximum atomic E-state index is 13.0. The monoisotopic (exact) mass is 328 g/mol. The Kier molecular flexibility index (Phi) is 4.27. The Morgan fingerprint density at radius 1 is 1.18 bits per heavy atom. The fourth-order valence-electron chi connectivity index (χ4n) is 3.59. The summed E-state index contributed by atoms with van der Waals surface area (Å²) in [4.78, 5) is 12.6. The van der Waals surface area contributed by atoms with Crippen molar-refractivity contribution in [2.75, 3.05) is 0 Å². The zero-order chi connectivity index (χ0) is 15.9. The standard InChI is InChI=1S/C17H19F3OS/c1-10-5-6-11(9-15(10)17(18,19)20)16(21)12-7-13-3-2-4-14(8-12)22-13/h5-6,9,12-14H,2-4,7-8H2,1H3. The maximum Gasteiger partial charge on any atom is 0.416 e. The predicted molar refractivity (Wildman–Crippen MR) is 82.3 cm³/mol. The van der Waals surface area contributed by atoms with Crippen LogP contribution in [0.15, 0.2) is 18.2 Å². The zero-order valence-electron chi connectivity index (χ0n) is 12.5. The average Bonchev–Trinajstić information content (AvgIpc) is 2.45. The van der Waals surface area contributed by atoms with Crippen LogP contribution in [0.25, 0.3) is 0 Å². The molecule has 2 unspecified atom stereocenters. The fourth-order valence-corrected chi connectivity index (χ4v) is 5.43. The van der Waals surface area contributed by atoms with Crippen molar-refractivity contribution in [3.8, 4) is 0 Å². The van der Waals surface area contributed by atoms with Crippen molar-refractivity contribution in [2.45, 2.75) is 55.7 Å². The molecule has 0 aliphatic carbocycles. The number of carbonyl (C=O) groups excluding carboxylic acids is 1. The molecule has 1 aromatic rings. The number of rotatable bonds is 2. The predicted octanol–water partition coefficient (Wildman–Crippen LogP) is 5.26. The third-order valence-corrected chi connectivity index (χ3v) is 6.36. The lowest BCUT2D eigenvalue weighted by Gasteiger charge is -2.38. The Hall–Kier alpha value is -0.970. The maximum absolute atomic E-state index is 13.0. The first-order valence-corrected chi connectivity index (χ1v) is 8.66. The number of Topliss-reactive ketones (excluding diaryl/α,β-unsaturated/α-hetero) is 1. The molecule has 0 radical (unpaired) electrons. The number of hydrogen-bond donors (Lipinski definition) is 0. The smallest absolute Gasteiger partial charge is 0.294 e. The van der Waals surface area contributed by atoms with Crippen LogP contribution in [0, 0.1) is 12.8 Å². The van der Waals surface area contributed by atoms with Crippen molar-refractivity contribution in [3.05, 3.63) is 34.9 Å². The van der Waals surface area contributed by atoms with Gasteiger partial charge in [-0.15, -0.1) is 0 Å². The molecule has 22 heavy (non-hydrogen) atoms. The number of benzene rings is 1. The van der Waals surface area contributed by atoms with Gasteiger partial charge in [-0.2, -0.15) is 24.9 Å². The van der Waals surface area contributed by atoms with Gasteiger partial charge in [0.2, 0.25) is 0 Å². The van der Waals surface area contributed by atoms with E-state index in [9.17, 15) is 18.0 Å². The number of thioether (sulfide) groups is 1. The van der Waals surface area contributed by atoms with Crippen molar-refractivity contribution in [2.24, 2.45) is 5.92 Å². The second kappa shape index (κ2) is 5.91. The van der Waals surface area contributed by atoms with Crippen LogP contribution in [0.4, 0.5) is 13.2 Å². The van der Waals surface area contributed by atoms with Crippen molar-refractivity contribution >= 4 is 17.5 Å². The molecule has 0 saturated carbocycles. The number of alkyl halides is 3. The van der Waals surface area contributed by atoms with Gasteiger partial charge in [-0.25, -0.2) is 0 Å². The first kappa shape index (κ1) is 15.9. The van der Waals surface area contributed by atoms with Crippen LogP contribution in [0.2, 0.25) is 0 Å². The van der Waals surface area contributed by atoms with Gasteiger partial charge in [-0.3, -0.25) is 4.79 Å². The van der Waals surface area contributed by atoms with E-state index in [0.717, 1.165) is 31.7 Å². The third kappa shape index (κ3) is 3.19. The lowest BCUT2D eigenvalue weighted by atomic mass is 9.84. The Balaban J connectivity index is 1.83. The molecule has 0 spiro atoms. The van der Waals surface area contributed by atoms with Gasteiger partial charge in [0.05, 0.1) is 5.56 Å². The molecule has 1 nitrogen and oxygen atoms in total. The van der Waals surface area contributed by atoms with Crippen LogP contribution in [0.1, 0.15) is 53.6 Å². The first-order valence-electron chi connectivity index (χ1n) is 7.72. The Morgan fingerprint density at radius 3 is 2.41 bits per heavy atom. The van der Waals surface area contributed by atoms with Crippen LogP contribution < -0.4 is 0 Å². The average molecular weight is 328 g/mol. The summed E-state index contributed by atoms with van der Waals surface area (Å²) >= 11 is 1.97. The highest BCUT2D eigenvalue weighted by atomic mass is 32.2. The summed E-state index contributed by atoms with van der Waals surface area (Å²) in [5, 5.41) is 1.02. The highest BCUT2D eigenvalue weighted by Gasteiger charge is 2.37. The number of hydrogen-bond acceptors (Lipinski definition) is 2. The summed E-state index contributed by atoms with van der Waals surface area (Å²) in [6, 6.07) is 3.99. The third-order valence-electron chi connectivity index (χ3n) is 4.73. The molecular weight excluding hydrogens is 309 g/mol. The molecule has 0 aromatic heterocycles. The lowest BCUT2D eigenvalue weighted by molar-refractivity contribution is -0.138. The van der Waals surface area contributed by atoms with Crippen molar-refractivity contribution in [1.29, 1.82) is 0 Å². The van der Waals surface area contributed by atoms with Crippen LogP contribution in [0.3, 0.4) is 0 Å². The molecule has 2 saturated heterocycles. The molecule has 5 heteroatoms. The molecular formula is C17H19F3OS. The first-order chi connectivity index (χ1) is 10.3. The summed E-state index contributed by atoms with van der Waals surface area (Å²) < 4.78 is 39.0. The Labute approximate surface area is 132 Å². The second-order valence-corrected chi connectivity index (χ2v) is 7.98. The minimum absolute atomic E-state index is 0.109. The van der Waals surface area contributed by atoms with Gasteiger partial charge in [-0.05, 0) is 44.2 Å². The summed E-state index contributed by atoms with van der Waals surface area (Å²) in [6.07, 6.45) is 0.703. The van der Waals surface area contributed by atoms with Crippen LogP contribution in [0.5, 0.6) is 0 Å². The SMILES string of the molecule is Cc1ccc(C(=O)C2CC3CCCC(C2)S3)cc1C(F)(F)F. The highest BCUT2D eigenvalue weighted by Crippen LogP contribution is 2.45. The molecule has 120 valence electrons. The van der Waals surface area contributed by atoms with Gasteiger partial charge in [0.25, 0.3) is 0 Å².